The number of benzene rings is 1. The molecule has 3 fully saturated rings. The molecule has 3 unspecified atom stereocenters. The van der Waals surface area contributed by atoms with Crippen LogP contribution in [0.5, 0.6) is 0 Å². The number of carbonyl (C=O) groups excluding carboxylic acids is 2. The molecule has 9 heteroatoms. The summed E-state index contributed by atoms with van der Waals surface area (Å²) in [6.45, 7) is 4.24. The molecule has 0 bridgehead atoms. The number of likely N-dealkylation sites (N-methyl/N-ethyl adjacent to an activating group) is 1. The van der Waals surface area contributed by atoms with Crippen molar-refractivity contribution >= 4 is 17.6 Å². The predicted octanol–water partition coefficient (Wildman–Crippen LogP) is -0.657. The summed E-state index contributed by atoms with van der Waals surface area (Å²) in [4.78, 5) is 29.8. The van der Waals surface area contributed by atoms with Crippen LogP contribution < -0.4 is 20.9 Å². The number of piperazine rings is 1. The van der Waals surface area contributed by atoms with E-state index in [0.717, 1.165) is 38.4 Å². The van der Waals surface area contributed by atoms with Gasteiger partial charge in [0.2, 0.25) is 5.91 Å². The molecule has 0 saturated carbocycles. The second-order valence-corrected chi connectivity index (χ2v) is 6.98. The van der Waals surface area contributed by atoms with E-state index < -0.39 is 6.04 Å². The zero-order valence-electron chi connectivity index (χ0n) is 14.6. The van der Waals surface area contributed by atoms with E-state index in [1.165, 1.54) is 17.0 Å². The third-order valence-electron chi connectivity index (χ3n) is 5.32. The standard InChI is InChI=1S/C17H23FN6O2/c1-22-15-14(16(25)21-17(22)26)19-13(20-15)10-23-6-8-24(9-7-23)12-4-2-11(18)3-5-12/h2-5,13-15,19-20H,6-10H2,1H3,(H,21,25,26). The fourth-order valence-electron chi connectivity index (χ4n) is 3.81. The molecule has 1 aromatic carbocycles. The van der Waals surface area contributed by atoms with Gasteiger partial charge in [-0.15, -0.1) is 0 Å². The Labute approximate surface area is 151 Å². The first kappa shape index (κ1) is 17.2. The Balaban J connectivity index is 1.30. The van der Waals surface area contributed by atoms with Crippen LogP contribution in [-0.2, 0) is 4.79 Å². The number of imide groups is 1. The maximum Gasteiger partial charge on any atom is 0.325 e. The Morgan fingerprint density at radius 1 is 1.08 bits per heavy atom. The monoisotopic (exact) mass is 362 g/mol. The number of nitrogens with one attached hydrogen (secondary N) is 3. The zero-order valence-corrected chi connectivity index (χ0v) is 14.6. The Bertz CT molecular complexity index is 691. The first-order chi connectivity index (χ1) is 12.5. The number of urea groups is 1. The van der Waals surface area contributed by atoms with E-state index in [2.05, 4.69) is 25.8 Å². The Morgan fingerprint density at radius 2 is 1.77 bits per heavy atom. The summed E-state index contributed by atoms with van der Waals surface area (Å²) >= 11 is 0. The van der Waals surface area contributed by atoms with Gasteiger partial charge in [0, 0.05) is 45.5 Å². The quantitative estimate of drug-likeness (QED) is 0.663. The van der Waals surface area contributed by atoms with Crippen molar-refractivity contribution in [2.24, 2.45) is 0 Å². The van der Waals surface area contributed by atoms with Crippen molar-refractivity contribution in [3.63, 3.8) is 0 Å². The Morgan fingerprint density at radius 3 is 2.46 bits per heavy atom. The van der Waals surface area contributed by atoms with E-state index in [0.29, 0.717) is 0 Å². The topological polar surface area (TPSA) is 80.0 Å². The number of hydrogen-bond acceptors (Lipinski definition) is 6. The van der Waals surface area contributed by atoms with Crippen molar-refractivity contribution < 1.29 is 14.0 Å². The summed E-state index contributed by atoms with van der Waals surface area (Å²) in [6.07, 6.45) is -0.372. The highest BCUT2D eigenvalue weighted by Crippen LogP contribution is 2.18. The number of rotatable bonds is 3. The first-order valence-electron chi connectivity index (χ1n) is 8.84. The predicted molar refractivity (Wildman–Crippen MR) is 94.0 cm³/mol. The van der Waals surface area contributed by atoms with Crippen LogP contribution in [0.4, 0.5) is 14.9 Å². The molecule has 8 nitrogen and oxygen atoms in total. The first-order valence-corrected chi connectivity index (χ1v) is 8.84. The molecule has 3 amide bonds. The summed E-state index contributed by atoms with van der Waals surface area (Å²) in [5.74, 6) is -0.506. The van der Waals surface area contributed by atoms with E-state index in [-0.39, 0.29) is 30.1 Å². The smallest absolute Gasteiger partial charge is 0.325 e. The third-order valence-corrected chi connectivity index (χ3v) is 5.32. The molecule has 4 rings (SSSR count). The summed E-state index contributed by atoms with van der Waals surface area (Å²) in [5.41, 5.74) is 1.03. The molecule has 0 aromatic heterocycles. The van der Waals surface area contributed by atoms with Gasteiger partial charge >= 0.3 is 6.03 Å². The maximum absolute atomic E-state index is 13.1. The molecule has 3 heterocycles. The Hall–Kier alpha value is -2.23. The average Bonchev–Trinajstić information content (AvgIpc) is 3.06. The molecule has 26 heavy (non-hydrogen) atoms. The van der Waals surface area contributed by atoms with Crippen LogP contribution in [-0.4, -0.2) is 79.9 Å². The summed E-state index contributed by atoms with van der Waals surface area (Å²) in [7, 11) is 1.68. The van der Waals surface area contributed by atoms with Gasteiger partial charge in [-0.3, -0.25) is 25.6 Å². The van der Waals surface area contributed by atoms with Gasteiger partial charge in [0.1, 0.15) is 18.0 Å². The second-order valence-electron chi connectivity index (χ2n) is 6.98. The van der Waals surface area contributed by atoms with Crippen molar-refractivity contribution in [2.75, 3.05) is 44.7 Å². The van der Waals surface area contributed by atoms with E-state index in [4.69, 9.17) is 0 Å². The van der Waals surface area contributed by atoms with Crippen molar-refractivity contribution in [1.82, 2.24) is 25.8 Å². The van der Waals surface area contributed by atoms with Gasteiger partial charge in [-0.1, -0.05) is 0 Å². The average molecular weight is 362 g/mol. The molecular weight excluding hydrogens is 339 g/mol. The molecule has 140 valence electrons. The Kier molecular flexibility index (Phi) is 4.51. The van der Waals surface area contributed by atoms with Crippen molar-refractivity contribution in [2.45, 2.75) is 18.4 Å². The number of fused-ring (bicyclic) bond motifs is 1. The summed E-state index contributed by atoms with van der Waals surface area (Å²) in [6, 6.07) is 5.78. The largest absolute Gasteiger partial charge is 0.369 e. The van der Waals surface area contributed by atoms with Crippen LogP contribution in [0.1, 0.15) is 0 Å². The van der Waals surface area contributed by atoms with E-state index >= 15 is 0 Å². The van der Waals surface area contributed by atoms with Crippen molar-refractivity contribution in [1.29, 1.82) is 0 Å². The van der Waals surface area contributed by atoms with E-state index in [1.807, 2.05) is 0 Å². The van der Waals surface area contributed by atoms with Gasteiger partial charge in [-0.25, -0.2) is 9.18 Å². The molecule has 1 aromatic rings. The van der Waals surface area contributed by atoms with Crippen LogP contribution in [0.15, 0.2) is 24.3 Å². The number of amides is 3. The van der Waals surface area contributed by atoms with Gasteiger partial charge in [0.05, 0.1) is 6.17 Å². The molecule has 3 atom stereocenters. The SMILES string of the molecule is CN1C(=O)NC(=O)C2NC(CN3CCN(c4ccc(F)cc4)CC3)NC21. The van der Waals surface area contributed by atoms with Crippen LogP contribution in [0, 0.1) is 5.82 Å². The number of carbonyl (C=O) groups is 2. The maximum atomic E-state index is 13.1. The number of anilines is 1. The minimum atomic E-state index is -0.428. The molecule has 3 N–H and O–H groups in total. The zero-order chi connectivity index (χ0) is 18.3. The second kappa shape index (κ2) is 6.82. The van der Waals surface area contributed by atoms with Crippen molar-refractivity contribution in [3.05, 3.63) is 30.1 Å². The van der Waals surface area contributed by atoms with Gasteiger partial charge < -0.3 is 9.80 Å². The van der Waals surface area contributed by atoms with Crippen LogP contribution in [0.2, 0.25) is 0 Å². The molecule has 0 aliphatic carbocycles. The highest BCUT2D eigenvalue weighted by atomic mass is 19.1. The number of halogens is 1. The molecule has 0 radical (unpaired) electrons. The lowest BCUT2D eigenvalue weighted by Gasteiger charge is -2.37. The number of hydrogen-bond donors (Lipinski definition) is 3. The van der Waals surface area contributed by atoms with Crippen LogP contribution in [0.25, 0.3) is 0 Å². The normalized spacial score (nSPS) is 29.7. The lowest BCUT2D eigenvalue weighted by Crippen LogP contribution is -2.64. The fourth-order valence-corrected chi connectivity index (χ4v) is 3.81. The van der Waals surface area contributed by atoms with E-state index in [1.54, 1.807) is 19.2 Å². The highest BCUT2D eigenvalue weighted by molar-refractivity contribution is 6.00. The van der Waals surface area contributed by atoms with E-state index in [9.17, 15) is 14.0 Å². The van der Waals surface area contributed by atoms with Crippen molar-refractivity contribution in [3.8, 4) is 0 Å². The number of nitrogens with zero attached hydrogens (tertiary/aromatic N) is 3. The van der Waals surface area contributed by atoms with Gasteiger partial charge in [-0.2, -0.15) is 0 Å². The highest BCUT2D eigenvalue weighted by Gasteiger charge is 2.46. The summed E-state index contributed by atoms with van der Waals surface area (Å²) < 4.78 is 13.1. The molecule has 3 aliphatic rings. The van der Waals surface area contributed by atoms with Crippen LogP contribution in [0.3, 0.4) is 0 Å². The molecular formula is C17H23FN6O2. The summed E-state index contributed by atoms with van der Waals surface area (Å²) in [5, 5.41) is 8.96. The minimum Gasteiger partial charge on any atom is -0.369 e. The molecule has 0 spiro atoms. The minimum absolute atomic E-state index is 0.0542. The van der Waals surface area contributed by atoms with Gasteiger partial charge in [-0.05, 0) is 24.3 Å². The lowest BCUT2D eigenvalue weighted by atomic mass is 10.2. The third kappa shape index (κ3) is 3.25. The van der Waals surface area contributed by atoms with Crippen LogP contribution >= 0.6 is 0 Å². The van der Waals surface area contributed by atoms with Gasteiger partial charge in [0.25, 0.3) is 0 Å². The molecule has 3 saturated heterocycles. The fraction of sp³-hybridized carbons (Fsp3) is 0.529. The van der Waals surface area contributed by atoms with Gasteiger partial charge in [0.15, 0.2) is 0 Å². The lowest BCUT2D eigenvalue weighted by molar-refractivity contribution is -0.124. The molecule has 3 aliphatic heterocycles.